The van der Waals surface area contributed by atoms with Gasteiger partial charge in [-0.25, -0.2) is 4.98 Å². The van der Waals surface area contributed by atoms with Gasteiger partial charge in [0.05, 0.1) is 21.1 Å². The van der Waals surface area contributed by atoms with Crippen LogP contribution in [0.2, 0.25) is 10.0 Å². The van der Waals surface area contributed by atoms with Gasteiger partial charge in [-0.3, -0.25) is 0 Å². The summed E-state index contributed by atoms with van der Waals surface area (Å²) in [5.41, 5.74) is 5.70. The number of imidazole rings is 1. The van der Waals surface area contributed by atoms with Gasteiger partial charge in [-0.15, -0.1) is 0 Å². The molecule has 2 heterocycles. The molecule has 0 aliphatic carbocycles. The van der Waals surface area contributed by atoms with Crippen molar-refractivity contribution in [2.75, 3.05) is 33.2 Å². The fourth-order valence-electron chi connectivity index (χ4n) is 4.09. The van der Waals surface area contributed by atoms with Crippen molar-refractivity contribution in [3.63, 3.8) is 0 Å². The molecule has 1 fully saturated rings. The second-order valence-corrected chi connectivity index (χ2v) is 8.48. The van der Waals surface area contributed by atoms with Crippen molar-refractivity contribution in [1.29, 1.82) is 0 Å². The van der Waals surface area contributed by atoms with Crippen molar-refractivity contribution < 1.29 is 0 Å². The third kappa shape index (κ3) is 4.06. The lowest BCUT2D eigenvalue weighted by atomic mass is 9.88. The van der Waals surface area contributed by atoms with E-state index in [1.807, 2.05) is 25.2 Å². The molecule has 0 spiro atoms. The number of likely N-dealkylation sites (N-methyl/N-ethyl adjacent to an activating group) is 1. The van der Waals surface area contributed by atoms with Crippen LogP contribution in [0.25, 0.3) is 22.4 Å². The number of aromatic nitrogens is 2. The largest absolute Gasteiger partial charge is 0.338 e. The number of rotatable bonds is 5. The molecule has 0 atom stereocenters. The lowest BCUT2D eigenvalue weighted by molar-refractivity contribution is 0.214. The summed E-state index contributed by atoms with van der Waals surface area (Å²) in [4.78, 5) is 10.8. The molecule has 1 saturated heterocycles. The Labute approximate surface area is 176 Å². The second kappa shape index (κ2) is 8.42. The molecule has 1 aliphatic rings. The Balaban J connectivity index is 1.58. The van der Waals surface area contributed by atoms with E-state index < -0.39 is 0 Å². The van der Waals surface area contributed by atoms with Gasteiger partial charge in [0.2, 0.25) is 0 Å². The van der Waals surface area contributed by atoms with E-state index in [1.54, 1.807) is 0 Å². The zero-order valence-corrected chi connectivity index (χ0v) is 17.9. The number of halogens is 2. The van der Waals surface area contributed by atoms with Crippen LogP contribution in [0.4, 0.5) is 0 Å². The lowest BCUT2D eigenvalue weighted by Crippen LogP contribution is -2.37. The molecule has 148 valence electrons. The number of hydrogen-bond donors (Lipinski definition) is 2. The molecular weight excluding hydrogens is 391 g/mol. The number of aromatic amines is 1. The van der Waals surface area contributed by atoms with E-state index in [9.17, 15) is 0 Å². The fraction of sp³-hybridized carbons (Fsp3) is 0.409. The molecule has 0 saturated carbocycles. The van der Waals surface area contributed by atoms with Crippen LogP contribution < -0.4 is 5.32 Å². The first kappa shape index (κ1) is 19.7. The molecule has 1 aliphatic heterocycles. The number of H-pyrrole nitrogens is 1. The van der Waals surface area contributed by atoms with Crippen molar-refractivity contribution in [2.45, 2.75) is 25.7 Å². The number of nitrogens with one attached hydrogen (secondary N) is 2. The SMILES string of the molecule is CNCCN1CCC(c2cc(C)c3nc(-c4ccc(Cl)c(Cl)c4)[nH]c3c2)CC1. The third-order valence-electron chi connectivity index (χ3n) is 5.73. The minimum absolute atomic E-state index is 0.544. The number of aryl methyl sites for hydroxylation is 1. The van der Waals surface area contributed by atoms with Crippen molar-refractivity contribution >= 4 is 34.2 Å². The monoisotopic (exact) mass is 416 g/mol. The first-order valence-corrected chi connectivity index (χ1v) is 10.6. The summed E-state index contributed by atoms with van der Waals surface area (Å²) in [5.74, 6) is 1.45. The molecule has 0 bridgehead atoms. The lowest BCUT2D eigenvalue weighted by Gasteiger charge is -2.32. The molecule has 2 aromatic carbocycles. The summed E-state index contributed by atoms with van der Waals surface area (Å²) in [6.07, 6.45) is 2.42. The van der Waals surface area contributed by atoms with Crippen LogP contribution in [0, 0.1) is 6.92 Å². The number of piperidine rings is 1. The van der Waals surface area contributed by atoms with Crippen LogP contribution in [0.1, 0.15) is 29.9 Å². The molecule has 4 nitrogen and oxygen atoms in total. The molecule has 4 rings (SSSR count). The quantitative estimate of drug-likeness (QED) is 0.597. The second-order valence-electron chi connectivity index (χ2n) is 7.67. The average Bonchev–Trinajstić information content (AvgIpc) is 3.14. The molecule has 2 N–H and O–H groups in total. The van der Waals surface area contributed by atoms with E-state index in [2.05, 4.69) is 34.3 Å². The van der Waals surface area contributed by atoms with Gasteiger partial charge >= 0.3 is 0 Å². The summed E-state index contributed by atoms with van der Waals surface area (Å²) in [6, 6.07) is 10.2. The smallest absolute Gasteiger partial charge is 0.138 e. The summed E-state index contributed by atoms with van der Waals surface area (Å²) in [6.45, 7) is 6.67. The maximum Gasteiger partial charge on any atom is 0.138 e. The van der Waals surface area contributed by atoms with Gasteiger partial charge in [0.15, 0.2) is 0 Å². The Morgan fingerprint density at radius 3 is 2.64 bits per heavy atom. The van der Waals surface area contributed by atoms with Crippen molar-refractivity contribution in [3.8, 4) is 11.4 Å². The summed E-state index contributed by atoms with van der Waals surface area (Å²) in [5, 5.41) is 4.34. The fourth-order valence-corrected chi connectivity index (χ4v) is 4.39. The minimum atomic E-state index is 0.544. The van der Waals surface area contributed by atoms with Gasteiger partial charge in [0.25, 0.3) is 0 Å². The molecule has 28 heavy (non-hydrogen) atoms. The van der Waals surface area contributed by atoms with Crippen molar-refractivity contribution in [1.82, 2.24) is 20.2 Å². The highest BCUT2D eigenvalue weighted by Crippen LogP contribution is 2.33. The Morgan fingerprint density at radius 2 is 1.93 bits per heavy atom. The van der Waals surface area contributed by atoms with Crippen molar-refractivity contribution in [3.05, 3.63) is 51.5 Å². The van der Waals surface area contributed by atoms with Crippen LogP contribution >= 0.6 is 23.2 Å². The maximum absolute atomic E-state index is 6.18. The van der Waals surface area contributed by atoms with Gasteiger partial charge in [0, 0.05) is 18.7 Å². The highest BCUT2D eigenvalue weighted by atomic mass is 35.5. The molecule has 0 unspecified atom stereocenters. The standard InChI is InChI=1S/C22H26Cl2N4/c1-14-11-17(15-5-8-28(9-6-15)10-7-25-2)13-20-21(14)27-22(26-20)16-3-4-18(23)19(24)12-16/h3-4,11-13,15,25H,5-10H2,1-2H3,(H,26,27). The molecule has 0 amide bonds. The summed E-state index contributed by atoms with van der Waals surface area (Å²) < 4.78 is 0. The van der Waals surface area contributed by atoms with Crippen LogP contribution in [0.3, 0.4) is 0 Å². The Bertz CT molecular complexity index is 974. The van der Waals surface area contributed by atoms with Gasteiger partial charge in [-0.2, -0.15) is 0 Å². The van der Waals surface area contributed by atoms with Gasteiger partial charge in [-0.1, -0.05) is 29.3 Å². The molecule has 6 heteroatoms. The molecule has 1 aromatic heterocycles. The number of benzene rings is 2. The Hall–Kier alpha value is -1.59. The number of fused-ring (bicyclic) bond motifs is 1. The highest BCUT2D eigenvalue weighted by molar-refractivity contribution is 6.42. The number of hydrogen-bond acceptors (Lipinski definition) is 3. The van der Waals surface area contributed by atoms with Crippen molar-refractivity contribution in [2.24, 2.45) is 0 Å². The maximum atomic E-state index is 6.18. The number of likely N-dealkylation sites (tertiary alicyclic amines) is 1. The van der Waals surface area contributed by atoms with Crippen LogP contribution in [-0.4, -0.2) is 48.1 Å². The highest BCUT2D eigenvalue weighted by Gasteiger charge is 2.21. The Kier molecular flexibility index (Phi) is 5.93. The summed E-state index contributed by atoms with van der Waals surface area (Å²) >= 11 is 12.2. The molecule has 3 aromatic rings. The van der Waals surface area contributed by atoms with E-state index in [0.717, 1.165) is 35.5 Å². The van der Waals surface area contributed by atoms with E-state index in [4.69, 9.17) is 28.2 Å². The zero-order valence-electron chi connectivity index (χ0n) is 16.4. The minimum Gasteiger partial charge on any atom is -0.338 e. The van der Waals surface area contributed by atoms with Crippen LogP contribution in [0.15, 0.2) is 30.3 Å². The van der Waals surface area contributed by atoms with Gasteiger partial charge in [0.1, 0.15) is 5.82 Å². The first-order chi connectivity index (χ1) is 13.5. The third-order valence-corrected chi connectivity index (χ3v) is 6.47. The summed E-state index contributed by atoms with van der Waals surface area (Å²) in [7, 11) is 2.02. The average molecular weight is 417 g/mol. The van der Waals surface area contributed by atoms with E-state index in [0.29, 0.717) is 16.0 Å². The van der Waals surface area contributed by atoms with Crippen LogP contribution in [-0.2, 0) is 0 Å². The van der Waals surface area contributed by atoms with Gasteiger partial charge in [-0.05, 0) is 81.2 Å². The number of nitrogens with zero attached hydrogens (tertiary/aromatic N) is 2. The molecule has 0 radical (unpaired) electrons. The zero-order chi connectivity index (χ0) is 19.7. The predicted molar refractivity (Wildman–Crippen MR) is 119 cm³/mol. The Morgan fingerprint density at radius 1 is 1.14 bits per heavy atom. The van der Waals surface area contributed by atoms with E-state index in [1.165, 1.54) is 37.1 Å². The predicted octanol–water partition coefficient (Wildman–Crippen LogP) is 5.24. The molecular formula is C22H26Cl2N4. The van der Waals surface area contributed by atoms with Crippen LogP contribution in [0.5, 0.6) is 0 Å². The van der Waals surface area contributed by atoms with Gasteiger partial charge < -0.3 is 15.2 Å². The van der Waals surface area contributed by atoms with E-state index >= 15 is 0 Å². The van der Waals surface area contributed by atoms with E-state index in [-0.39, 0.29) is 0 Å². The normalized spacial score (nSPS) is 16.1. The topological polar surface area (TPSA) is 44.0 Å². The first-order valence-electron chi connectivity index (χ1n) is 9.88.